The molecule has 21 heavy (non-hydrogen) atoms. The fourth-order valence-corrected chi connectivity index (χ4v) is 2.67. The second-order valence-electron chi connectivity index (χ2n) is 5.99. The largest absolute Gasteiger partial charge is 0.383 e. The van der Waals surface area contributed by atoms with Gasteiger partial charge in [-0.25, -0.2) is 0 Å². The molecule has 1 N–H and O–H groups in total. The van der Waals surface area contributed by atoms with Crippen LogP contribution in [0.15, 0.2) is 18.2 Å². The Balaban J connectivity index is 2.36. The maximum atomic E-state index is 5.04. The Morgan fingerprint density at radius 2 is 1.86 bits per heavy atom. The zero-order valence-corrected chi connectivity index (χ0v) is 14.4. The van der Waals surface area contributed by atoms with Crippen molar-refractivity contribution in [3.63, 3.8) is 0 Å². The molecule has 0 spiro atoms. The Labute approximate surface area is 131 Å². The van der Waals surface area contributed by atoms with E-state index in [1.165, 1.54) is 30.4 Å². The first kappa shape index (κ1) is 18.2. The zero-order chi connectivity index (χ0) is 15.5. The molecule has 2 nitrogen and oxygen atoms in total. The molecule has 0 amide bonds. The van der Waals surface area contributed by atoms with Crippen LogP contribution in [0.2, 0.25) is 0 Å². The Bertz CT molecular complexity index is 389. The third kappa shape index (κ3) is 7.10. The standard InChI is InChI=1S/C19H33NO/c1-5-17-8-10-18(6-2)19(15-17)9-7-16(3)11-12-20-13-14-21-4/h8,10,15-16,20H,5-7,9,11-14H2,1-4H3. The quantitative estimate of drug-likeness (QED) is 0.622. The molecule has 0 bridgehead atoms. The molecule has 2 heteroatoms. The van der Waals surface area contributed by atoms with Crippen molar-refractivity contribution in [2.24, 2.45) is 5.92 Å². The van der Waals surface area contributed by atoms with Gasteiger partial charge in [-0.1, -0.05) is 39.0 Å². The molecule has 1 unspecified atom stereocenters. The number of benzene rings is 1. The lowest BCUT2D eigenvalue weighted by molar-refractivity contribution is 0.199. The van der Waals surface area contributed by atoms with Crippen LogP contribution >= 0.6 is 0 Å². The molecule has 0 aliphatic heterocycles. The van der Waals surface area contributed by atoms with Gasteiger partial charge in [0, 0.05) is 13.7 Å². The molecule has 1 atom stereocenters. The summed E-state index contributed by atoms with van der Waals surface area (Å²) < 4.78 is 5.04. The van der Waals surface area contributed by atoms with Crippen molar-refractivity contribution in [3.8, 4) is 0 Å². The van der Waals surface area contributed by atoms with Crippen molar-refractivity contribution in [1.29, 1.82) is 0 Å². The number of ether oxygens (including phenoxy) is 1. The van der Waals surface area contributed by atoms with Crippen LogP contribution in [0.25, 0.3) is 0 Å². The van der Waals surface area contributed by atoms with E-state index in [4.69, 9.17) is 4.74 Å². The van der Waals surface area contributed by atoms with Gasteiger partial charge in [0.2, 0.25) is 0 Å². The second-order valence-corrected chi connectivity index (χ2v) is 5.99. The molecule has 0 saturated carbocycles. The number of nitrogens with one attached hydrogen (secondary N) is 1. The smallest absolute Gasteiger partial charge is 0.0587 e. The van der Waals surface area contributed by atoms with E-state index in [9.17, 15) is 0 Å². The normalized spacial score (nSPS) is 12.6. The Morgan fingerprint density at radius 3 is 2.52 bits per heavy atom. The summed E-state index contributed by atoms with van der Waals surface area (Å²) in [6.45, 7) is 9.72. The average Bonchev–Trinajstić information content (AvgIpc) is 2.52. The second kappa shape index (κ2) is 10.8. The van der Waals surface area contributed by atoms with Crippen LogP contribution in [0.1, 0.15) is 50.3 Å². The van der Waals surface area contributed by atoms with E-state index < -0.39 is 0 Å². The van der Waals surface area contributed by atoms with Gasteiger partial charge in [0.1, 0.15) is 0 Å². The third-order valence-corrected chi connectivity index (χ3v) is 4.26. The first-order chi connectivity index (χ1) is 10.2. The predicted molar refractivity (Wildman–Crippen MR) is 92.0 cm³/mol. The highest BCUT2D eigenvalue weighted by molar-refractivity contribution is 5.32. The van der Waals surface area contributed by atoms with Gasteiger partial charge in [0.05, 0.1) is 6.61 Å². The Kier molecular flexibility index (Phi) is 9.36. The van der Waals surface area contributed by atoms with E-state index >= 15 is 0 Å². The summed E-state index contributed by atoms with van der Waals surface area (Å²) in [4.78, 5) is 0. The maximum Gasteiger partial charge on any atom is 0.0587 e. The highest BCUT2D eigenvalue weighted by atomic mass is 16.5. The lowest BCUT2D eigenvalue weighted by Crippen LogP contribution is -2.21. The van der Waals surface area contributed by atoms with Gasteiger partial charge in [0.25, 0.3) is 0 Å². The van der Waals surface area contributed by atoms with E-state index in [0.29, 0.717) is 0 Å². The first-order valence-electron chi connectivity index (χ1n) is 8.51. The molecule has 0 heterocycles. The van der Waals surface area contributed by atoms with E-state index in [-0.39, 0.29) is 0 Å². The van der Waals surface area contributed by atoms with Gasteiger partial charge in [-0.15, -0.1) is 0 Å². The van der Waals surface area contributed by atoms with Gasteiger partial charge >= 0.3 is 0 Å². The summed E-state index contributed by atoms with van der Waals surface area (Å²) in [7, 11) is 1.75. The lowest BCUT2D eigenvalue weighted by Gasteiger charge is -2.14. The zero-order valence-electron chi connectivity index (χ0n) is 14.4. The van der Waals surface area contributed by atoms with E-state index in [2.05, 4.69) is 44.3 Å². The molecular formula is C19H33NO. The molecule has 1 aromatic rings. The first-order valence-corrected chi connectivity index (χ1v) is 8.51. The number of rotatable bonds is 11. The van der Waals surface area contributed by atoms with Crippen LogP contribution in [0, 0.1) is 5.92 Å². The molecule has 0 saturated heterocycles. The van der Waals surface area contributed by atoms with E-state index in [0.717, 1.165) is 38.5 Å². The maximum absolute atomic E-state index is 5.04. The van der Waals surface area contributed by atoms with Crippen LogP contribution in [0.3, 0.4) is 0 Å². The summed E-state index contributed by atoms with van der Waals surface area (Å²) in [5.41, 5.74) is 4.56. The summed E-state index contributed by atoms with van der Waals surface area (Å²) in [5, 5.41) is 3.43. The summed E-state index contributed by atoms with van der Waals surface area (Å²) >= 11 is 0. The van der Waals surface area contributed by atoms with Crippen molar-refractivity contribution < 1.29 is 4.74 Å². The third-order valence-electron chi connectivity index (χ3n) is 4.26. The van der Waals surface area contributed by atoms with Crippen molar-refractivity contribution >= 4 is 0 Å². The van der Waals surface area contributed by atoms with Crippen LogP contribution in [-0.2, 0) is 24.0 Å². The minimum Gasteiger partial charge on any atom is -0.383 e. The monoisotopic (exact) mass is 291 g/mol. The van der Waals surface area contributed by atoms with Crippen LogP contribution < -0.4 is 5.32 Å². The molecule has 0 aliphatic rings. The highest BCUT2D eigenvalue weighted by Crippen LogP contribution is 2.18. The summed E-state index contributed by atoms with van der Waals surface area (Å²) in [6, 6.07) is 7.03. The molecule has 1 rings (SSSR count). The van der Waals surface area contributed by atoms with Gasteiger partial charge < -0.3 is 10.1 Å². The number of hydrogen-bond donors (Lipinski definition) is 1. The van der Waals surface area contributed by atoms with Crippen LogP contribution in [0.4, 0.5) is 0 Å². The SMILES string of the molecule is CCc1ccc(CC)c(CCC(C)CCNCCOC)c1. The molecule has 0 aromatic heterocycles. The van der Waals surface area contributed by atoms with Crippen LogP contribution in [-0.4, -0.2) is 26.8 Å². The highest BCUT2D eigenvalue weighted by Gasteiger charge is 2.06. The minimum atomic E-state index is 0.773. The van der Waals surface area contributed by atoms with E-state index in [1.54, 1.807) is 12.7 Å². The summed E-state index contributed by atoms with van der Waals surface area (Å²) in [5.74, 6) is 0.773. The average molecular weight is 291 g/mol. The molecule has 0 radical (unpaired) electrons. The molecule has 0 aliphatic carbocycles. The van der Waals surface area contributed by atoms with Crippen molar-refractivity contribution in [1.82, 2.24) is 5.32 Å². The number of methoxy groups -OCH3 is 1. The molecule has 120 valence electrons. The van der Waals surface area contributed by atoms with Crippen molar-refractivity contribution in [3.05, 3.63) is 34.9 Å². The van der Waals surface area contributed by atoms with Crippen LogP contribution in [0.5, 0.6) is 0 Å². The van der Waals surface area contributed by atoms with Gasteiger partial charge in [-0.2, -0.15) is 0 Å². The lowest BCUT2D eigenvalue weighted by atomic mass is 9.93. The molecule has 1 aromatic carbocycles. The Hall–Kier alpha value is -0.860. The van der Waals surface area contributed by atoms with Gasteiger partial charge in [-0.05, 0) is 61.3 Å². The van der Waals surface area contributed by atoms with Gasteiger partial charge in [-0.3, -0.25) is 0 Å². The summed E-state index contributed by atoms with van der Waals surface area (Å²) in [6.07, 6.45) is 6.03. The fraction of sp³-hybridized carbons (Fsp3) is 0.684. The Morgan fingerprint density at radius 1 is 1.05 bits per heavy atom. The predicted octanol–water partition coefficient (Wildman–Crippen LogP) is 4.01. The van der Waals surface area contributed by atoms with Gasteiger partial charge in [0.15, 0.2) is 0 Å². The minimum absolute atomic E-state index is 0.773. The van der Waals surface area contributed by atoms with Crippen molar-refractivity contribution in [2.45, 2.75) is 52.9 Å². The molecular weight excluding hydrogens is 258 g/mol. The number of aryl methyl sites for hydroxylation is 3. The van der Waals surface area contributed by atoms with Crippen molar-refractivity contribution in [2.75, 3.05) is 26.8 Å². The molecule has 0 fully saturated rings. The number of hydrogen-bond acceptors (Lipinski definition) is 2. The van der Waals surface area contributed by atoms with E-state index in [1.807, 2.05) is 0 Å². The fourth-order valence-electron chi connectivity index (χ4n) is 2.67. The topological polar surface area (TPSA) is 21.3 Å².